The first-order chi connectivity index (χ1) is 14.8. The fourth-order valence-corrected chi connectivity index (χ4v) is 4.53. The number of methoxy groups -OCH3 is 2. The number of ether oxygens (including phenoxy) is 3. The van der Waals surface area contributed by atoms with E-state index in [-0.39, 0.29) is 30.9 Å². The zero-order valence-corrected chi connectivity index (χ0v) is 20.5. The van der Waals surface area contributed by atoms with Gasteiger partial charge in [0.25, 0.3) is 11.1 Å². The molecule has 0 bridgehead atoms. The van der Waals surface area contributed by atoms with Gasteiger partial charge in [0.2, 0.25) is 0 Å². The molecule has 1 fully saturated rings. The van der Waals surface area contributed by atoms with E-state index in [1.807, 2.05) is 6.07 Å². The van der Waals surface area contributed by atoms with Crippen molar-refractivity contribution >= 4 is 68.1 Å². The number of nitrogens with zero attached hydrogens (tertiary/aromatic N) is 1. The molecule has 10 heteroatoms. The summed E-state index contributed by atoms with van der Waals surface area (Å²) >= 11 is 16.4. The van der Waals surface area contributed by atoms with Crippen LogP contribution in [-0.4, -0.2) is 43.4 Å². The summed E-state index contributed by atoms with van der Waals surface area (Å²) in [6.45, 7) is 0.756. The molecule has 0 N–H and O–H groups in total. The third-order valence-corrected chi connectivity index (χ3v) is 6.54. The van der Waals surface area contributed by atoms with Gasteiger partial charge in [-0.05, 0) is 69.2 Å². The first kappa shape index (κ1) is 23.9. The fraction of sp³-hybridized carbons (Fsp3) is 0.238. The van der Waals surface area contributed by atoms with Gasteiger partial charge in [-0.2, -0.15) is 0 Å². The quantitative estimate of drug-likeness (QED) is 0.377. The van der Waals surface area contributed by atoms with Crippen LogP contribution in [0.3, 0.4) is 0 Å². The van der Waals surface area contributed by atoms with Crippen LogP contribution < -0.4 is 9.47 Å². The second-order valence-corrected chi connectivity index (χ2v) is 9.06. The van der Waals surface area contributed by atoms with Crippen molar-refractivity contribution in [2.24, 2.45) is 0 Å². The second kappa shape index (κ2) is 10.7. The number of rotatable bonds is 8. The smallest absolute Gasteiger partial charge is 0.293 e. The first-order valence-electron chi connectivity index (χ1n) is 9.02. The molecule has 2 aromatic rings. The number of carbonyl (C=O) groups excluding carboxylic acids is 2. The summed E-state index contributed by atoms with van der Waals surface area (Å²) in [5.41, 5.74) is 1.53. The molecule has 31 heavy (non-hydrogen) atoms. The highest BCUT2D eigenvalue weighted by Gasteiger charge is 2.34. The molecule has 164 valence electrons. The van der Waals surface area contributed by atoms with Crippen LogP contribution in [0, 0.1) is 0 Å². The molecule has 0 unspecified atom stereocenters. The predicted molar refractivity (Wildman–Crippen MR) is 126 cm³/mol. The van der Waals surface area contributed by atoms with E-state index in [9.17, 15) is 9.59 Å². The SMILES string of the molecule is COCCN1C(=O)S/C(=C/c2cc(Br)c(OCc3ccc(Cl)c(Cl)c3)c(OC)c2)C1=O. The topological polar surface area (TPSA) is 65.1 Å². The van der Waals surface area contributed by atoms with Crippen molar-refractivity contribution in [3.63, 3.8) is 0 Å². The van der Waals surface area contributed by atoms with Crippen LogP contribution in [0.5, 0.6) is 11.5 Å². The molecule has 1 heterocycles. The molecular formula is C21H18BrCl2NO5S. The minimum atomic E-state index is -0.345. The minimum Gasteiger partial charge on any atom is -0.493 e. The average Bonchev–Trinajstić information content (AvgIpc) is 3.00. The summed E-state index contributed by atoms with van der Waals surface area (Å²) in [7, 11) is 3.04. The normalized spacial score (nSPS) is 15.1. The van der Waals surface area contributed by atoms with Crippen LogP contribution in [0.1, 0.15) is 11.1 Å². The monoisotopic (exact) mass is 545 g/mol. The number of halogens is 3. The molecule has 1 saturated heterocycles. The average molecular weight is 547 g/mol. The van der Waals surface area contributed by atoms with E-state index in [1.54, 1.807) is 30.3 Å². The van der Waals surface area contributed by atoms with Crippen molar-refractivity contribution < 1.29 is 23.8 Å². The summed E-state index contributed by atoms with van der Waals surface area (Å²) < 4.78 is 17.0. The van der Waals surface area contributed by atoms with Crippen molar-refractivity contribution in [2.45, 2.75) is 6.61 Å². The van der Waals surface area contributed by atoms with Crippen LogP contribution >= 0.6 is 50.9 Å². The zero-order valence-electron chi connectivity index (χ0n) is 16.6. The summed E-state index contributed by atoms with van der Waals surface area (Å²) in [4.78, 5) is 26.1. The zero-order chi connectivity index (χ0) is 22.5. The van der Waals surface area contributed by atoms with Crippen LogP contribution in [0.25, 0.3) is 6.08 Å². The van der Waals surface area contributed by atoms with Crippen LogP contribution in [0.4, 0.5) is 4.79 Å². The van der Waals surface area contributed by atoms with Gasteiger partial charge in [0.05, 0.1) is 39.7 Å². The number of carbonyl (C=O) groups is 2. The van der Waals surface area contributed by atoms with Crippen molar-refractivity contribution in [1.29, 1.82) is 0 Å². The Bertz CT molecular complexity index is 1050. The number of thioether (sulfide) groups is 1. The predicted octanol–water partition coefficient (Wildman–Crippen LogP) is 6.03. The van der Waals surface area contributed by atoms with Gasteiger partial charge in [-0.3, -0.25) is 14.5 Å². The Morgan fingerprint density at radius 1 is 1.13 bits per heavy atom. The molecule has 6 nitrogen and oxygen atoms in total. The molecule has 0 aliphatic carbocycles. The van der Waals surface area contributed by atoms with Gasteiger partial charge in [0.15, 0.2) is 11.5 Å². The van der Waals surface area contributed by atoms with Crippen molar-refractivity contribution in [3.8, 4) is 11.5 Å². The van der Waals surface area contributed by atoms with Crippen molar-refractivity contribution in [3.05, 3.63) is 60.9 Å². The molecule has 0 saturated carbocycles. The van der Waals surface area contributed by atoms with Gasteiger partial charge in [0, 0.05) is 7.11 Å². The molecule has 0 spiro atoms. The summed E-state index contributed by atoms with van der Waals surface area (Å²) in [5.74, 6) is 0.625. The summed E-state index contributed by atoms with van der Waals surface area (Å²) in [6, 6.07) is 8.78. The van der Waals surface area contributed by atoms with E-state index < -0.39 is 0 Å². The number of hydrogen-bond donors (Lipinski definition) is 0. The first-order valence-corrected chi connectivity index (χ1v) is 11.4. The maximum Gasteiger partial charge on any atom is 0.293 e. The Labute approximate surface area is 202 Å². The lowest BCUT2D eigenvalue weighted by Gasteiger charge is -2.14. The number of hydrogen-bond acceptors (Lipinski definition) is 6. The van der Waals surface area contributed by atoms with Crippen LogP contribution in [0.2, 0.25) is 10.0 Å². The summed E-state index contributed by atoms with van der Waals surface area (Å²) in [5, 5.41) is 0.602. The van der Waals surface area contributed by atoms with Crippen molar-refractivity contribution in [2.75, 3.05) is 27.4 Å². The highest BCUT2D eigenvalue weighted by atomic mass is 79.9. The maximum atomic E-state index is 12.5. The van der Waals surface area contributed by atoms with Crippen LogP contribution in [-0.2, 0) is 16.1 Å². The number of amides is 2. The Balaban J connectivity index is 1.80. The number of benzene rings is 2. The van der Waals surface area contributed by atoms with E-state index in [0.29, 0.717) is 36.5 Å². The highest BCUT2D eigenvalue weighted by molar-refractivity contribution is 9.10. The molecule has 0 radical (unpaired) electrons. The van der Waals surface area contributed by atoms with E-state index in [4.69, 9.17) is 37.4 Å². The largest absolute Gasteiger partial charge is 0.493 e. The Morgan fingerprint density at radius 2 is 1.90 bits per heavy atom. The lowest BCUT2D eigenvalue weighted by Crippen LogP contribution is -2.31. The van der Waals surface area contributed by atoms with Crippen molar-refractivity contribution in [1.82, 2.24) is 4.90 Å². The second-order valence-electron chi connectivity index (χ2n) is 6.40. The number of imide groups is 1. The molecule has 1 aliphatic rings. The fourth-order valence-electron chi connectivity index (χ4n) is 2.77. The molecule has 1 aliphatic heterocycles. The van der Waals surface area contributed by atoms with E-state index in [1.165, 1.54) is 19.1 Å². The molecule has 0 atom stereocenters. The van der Waals surface area contributed by atoms with E-state index >= 15 is 0 Å². The Hall–Kier alpha value is -1.71. The lowest BCUT2D eigenvalue weighted by atomic mass is 10.1. The van der Waals surface area contributed by atoms with Gasteiger partial charge in [-0.15, -0.1) is 0 Å². The molecular weight excluding hydrogens is 529 g/mol. The molecule has 0 aromatic heterocycles. The molecule has 2 aromatic carbocycles. The minimum absolute atomic E-state index is 0.215. The van der Waals surface area contributed by atoms with Gasteiger partial charge in [-0.1, -0.05) is 29.3 Å². The third-order valence-electron chi connectivity index (χ3n) is 4.31. The third kappa shape index (κ3) is 5.75. The standard InChI is InChI=1S/C21H18BrCl2NO5S/c1-28-6-5-25-20(26)18(31-21(25)27)10-13-7-14(22)19(17(9-13)29-2)30-11-12-3-4-15(23)16(24)8-12/h3-4,7-10H,5-6,11H2,1-2H3/b18-10+. The van der Waals surface area contributed by atoms with E-state index in [2.05, 4.69) is 15.9 Å². The van der Waals surface area contributed by atoms with Gasteiger partial charge >= 0.3 is 0 Å². The highest BCUT2D eigenvalue weighted by Crippen LogP contribution is 2.39. The summed E-state index contributed by atoms with van der Waals surface area (Å²) in [6.07, 6.45) is 1.65. The van der Waals surface area contributed by atoms with E-state index in [0.717, 1.165) is 17.3 Å². The molecule has 3 rings (SSSR count). The Kier molecular flexibility index (Phi) is 8.30. The van der Waals surface area contributed by atoms with Gasteiger partial charge < -0.3 is 14.2 Å². The van der Waals surface area contributed by atoms with Gasteiger partial charge in [0.1, 0.15) is 6.61 Å². The maximum absolute atomic E-state index is 12.5. The van der Waals surface area contributed by atoms with Gasteiger partial charge in [-0.25, -0.2) is 0 Å². The Morgan fingerprint density at radius 3 is 2.58 bits per heavy atom. The molecule has 2 amide bonds. The van der Waals surface area contributed by atoms with Crippen LogP contribution in [0.15, 0.2) is 39.7 Å². The lowest BCUT2D eigenvalue weighted by molar-refractivity contribution is -0.123.